The van der Waals surface area contributed by atoms with Gasteiger partial charge < -0.3 is 5.32 Å². The Morgan fingerprint density at radius 2 is 2.17 bits per heavy atom. The molecule has 0 saturated heterocycles. The Bertz CT molecular complexity index is 816. The predicted molar refractivity (Wildman–Crippen MR) is 88.8 cm³/mol. The SMILES string of the molecule is CN(Cc1nccs1)S(=O)(=O)c1ccc2c(c1)CCCC(=O)N2. The molecule has 2 aromatic rings. The van der Waals surface area contributed by atoms with Crippen molar-refractivity contribution in [2.75, 3.05) is 12.4 Å². The number of aryl methyl sites for hydroxylation is 1. The molecule has 0 radical (unpaired) electrons. The number of anilines is 1. The summed E-state index contributed by atoms with van der Waals surface area (Å²) in [6.07, 6.45) is 3.52. The number of rotatable bonds is 4. The van der Waals surface area contributed by atoms with E-state index in [9.17, 15) is 13.2 Å². The van der Waals surface area contributed by atoms with Gasteiger partial charge in [-0.3, -0.25) is 4.79 Å². The van der Waals surface area contributed by atoms with E-state index in [0.29, 0.717) is 18.5 Å². The Kier molecular flexibility index (Phi) is 4.47. The molecule has 3 rings (SSSR count). The summed E-state index contributed by atoms with van der Waals surface area (Å²) < 4.78 is 26.7. The molecule has 2 heterocycles. The maximum absolute atomic E-state index is 12.7. The van der Waals surface area contributed by atoms with Crippen LogP contribution in [0.2, 0.25) is 0 Å². The van der Waals surface area contributed by atoms with E-state index in [-0.39, 0.29) is 17.3 Å². The molecule has 23 heavy (non-hydrogen) atoms. The molecule has 0 saturated carbocycles. The first-order chi connectivity index (χ1) is 11.0. The van der Waals surface area contributed by atoms with Gasteiger partial charge in [0.1, 0.15) is 5.01 Å². The summed E-state index contributed by atoms with van der Waals surface area (Å²) in [6, 6.07) is 4.87. The molecule has 1 amide bonds. The lowest BCUT2D eigenvalue weighted by Gasteiger charge is -2.17. The van der Waals surface area contributed by atoms with E-state index in [1.54, 1.807) is 25.4 Å². The summed E-state index contributed by atoms with van der Waals surface area (Å²) in [6.45, 7) is 0.244. The zero-order valence-corrected chi connectivity index (χ0v) is 14.3. The number of carbonyl (C=O) groups is 1. The first-order valence-corrected chi connectivity index (χ1v) is 9.56. The zero-order valence-electron chi connectivity index (χ0n) is 12.7. The maximum Gasteiger partial charge on any atom is 0.243 e. The minimum Gasteiger partial charge on any atom is -0.326 e. The Balaban J connectivity index is 1.88. The van der Waals surface area contributed by atoms with E-state index < -0.39 is 10.0 Å². The summed E-state index contributed by atoms with van der Waals surface area (Å²) in [4.78, 5) is 15.9. The van der Waals surface area contributed by atoms with Crippen molar-refractivity contribution >= 4 is 33.0 Å². The van der Waals surface area contributed by atoms with E-state index in [1.807, 2.05) is 5.38 Å². The number of nitrogens with zero attached hydrogens (tertiary/aromatic N) is 2. The van der Waals surface area contributed by atoms with E-state index in [4.69, 9.17) is 0 Å². The molecular weight excluding hydrogens is 334 g/mol. The van der Waals surface area contributed by atoms with Gasteiger partial charge in [0.15, 0.2) is 0 Å². The fourth-order valence-corrected chi connectivity index (χ4v) is 4.43. The number of amides is 1. The highest BCUT2D eigenvalue weighted by Gasteiger charge is 2.23. The first-order valence-electron chi connectivity index (χ1n) is 7.24. The highest BCUT2D eigenvalue weighted by atomic mass is 32.2. The summed E-state index contributed by atoms with van der Waals surface area (Å²) in [5.41, 5.74) is 1.56. The quantitative estimate of drug-likeness (QED) is 0.916. The molecule has 0 fully saturated rings. The summed E-state index contributed by atoms with van der Waals surface area (Å²) >= 11 is 1.42. The van der Waals surface area contributed by atoms with Crippen molar-refractivity contribution in [2.45, 2.75) is 30.7 Å². The normalized spacial score (nSPS) is 15.1. The molecule has 0 spiro atoms. The van der Waals surface area contributed by atoms with Crippen molar-refractivity contribution in [3.8, 4) is 0 Å². The average Bonchev–Trinajstić information content (AvgIpc) is 2.94. The second-order valence-corrected chi connectivity index (χ2v) is 8.43. The number of hydrogen-bond acceptors (Lipinski definition) is 5. The predicted octanol–water partition coefficient (Wildman–Crippen LogP) is 2.24. The van der Waals surface area contributed by atoms with Gasteiger partial charge in [-0.2, -0.15) is 4.31 Å². The van der Waals surface area contributed by atoms with Crippen LogP contribution in [0.25, 0.3) is 0 Å². The summed E-state index contributed by atoms with van der Waals surface area (Å²) in [5.74, 6) is -0.0276. The number of benzene rings is 1. The highest BCUT2D eigenvalue weighted by Crippen LogP contribution is 2.27. The molecule has 1 N–H and O–H groups in total. The van der Waals surface area contributed by atoms with Crippen molar-refractivity contribution in [3.05, 3.63) is 40.3 Å². The standard InChI is InChI=1S/C15H17N3O3S2/c1-18(10-15-16-7-8-22-15)23(20,21)12-5-6-13-11(9-12)3-2-4-14(19)17-13/h5-9H,2-4,10H2,1H3,(H,17,19). The number of hydrogen-bond donors (Lipinski definition) is 1. The first kappa shape index (κ1) is 16.1. The molecule has 1 aromatic heterocycles. The highest BCUT2D eigenvalue weighted by molar-refractivity contribution is 7.89. The minimum absolute atomic E-state index is 0.0276. The van der Waals surface area contributed by atoms with E-state index in [1.165, 1.54) is 21.7 Å². The molecule has 1 aliphatic heterocycles. The third-order valence-corrected chi connectivity index (χ3v) is 6.31. The molecule has 0 bridgehead atoms. The monoisotopic (exact) mass is 351 g/mol. The van der Waals surface area contributed by atoms with Gasteiger partial charge in [-0.15, -0.1) is 11.3 Å². The largest absolute Gasteiger partial charge is 0.326 e. The molecule has 122 valence electrons. The van der Waals surface area contributed by atoms with Gasteiger partial charge in [-0.25, -0.2) is 13.4 Å². The van der Waals surface area contributed by atoms with Gasteiger partial charge >= 0.3 is 0 Å². The van der Waals surface area contributed by atoms with Crippen molar-refractivity contribution in [1.29, 1.82) is 0 Å². The van der Waals surface area contributed by atoms with Crippen molar-refractivity contribution in [2.24, 2.45) is 0 Å². The lowest BCUT2D eigenvalue weighted by molar-refractivity contribution is -0.116. The van der Waals surface area contributed by atoms with Crippen LogP contribution in [0.3, 0.4) is 0 Å². The number of thiazole rings is 1. The molecule has 8 heteroatoms. The number of aromatic nitrogens is 1. The lowest BCUT2D eigenvalue weighted by Crippen LogP contribution is -2.26. The van der Waals surface area contributed by atoms with Crippen LogP contribution in [0.5, 0.6) is 0 Å². The Morgan fingerprint density at radius 1 is 1.35 bits per heavy atom. The summed E-state index contributed by atoms with van der Waals surface area (Å²) in [5, 5.41) is 5.38. The number of nitrogens with one attached hydrogen (secondary N) is 1. The third-order valence-electron chi connectivity index (χ3n) is 3.75. The fourth-order valence-electron chi connectivity index (χ4n) is 2.50. The van der Waals surface area contributed by atoms with Crippen LogP contribution >= 0.6 is 11.3 Å². The zero-order chi connectivity index (χ0) is 16.4. The molecule has 6 nitrogen and oxygen atoms in total. The van der Waals surface area contributed by atoms with Gasteiger partial charge in [-0.1, -0.05) is 0 Å². The smallest absolute Gasteiger partial charge is 0.243 e. The molecule has 0 unspecified atom stereocenters. The average molecular weight is 351 g/mol. The molecule has 1 aromatic carbocycles. The third kappa shape index (κ3) is 3.44. The van der Waals surface area contributed by atoms with Gasteiger partial charge in [0, 0.05) is 30.7 Å². The lowest BCUT2D eigenvalue weighted by atomic mass is 10.1. The van der Waals surface area contributed by atoms with Crippen LogP contribution < -0.4 is 5.32 Å². The van der Waals surface area contributed by atoms with Crippen LogP contribution in [0, 0.1) is 0 Å². The van der Waals surface area contributed by atoms with E-state index in [0.717, 1.165) is 17.0 Å². The Morgan fingerprint density at radius 3 is 2.91 bits per heavy atom. The maximum atomic E-state index is 12.7. The Labute approximate surface area is 139 Å². The number of sulfonamides is 1. The Hall–Kier alpha value is -1.77. The molecule has 1 aliphatic rings. The van der Waals surface area contributed by atoms with Crippen LogP contribution in [-0.2, 0) is 27.8 Å². The van der Waals surface area contributed by atoms with Crippen molar-refractivity contribution < 1.29 is 13.2 Å². The minimum atomic E-state index is -3.59. The van der Waals surface area contributed by atoms with Gasteiger partial charge in [0.25, 0.3) is 0 Å². The van der Waals surface area contributed by atoms with Crippen LogP contribution in [0.15, 0.2) is 34.7 Å². The van der Waals surface area contributed by atoms with E-state index in [2.05, 4.69) is 10.3 Å². The number of fused-ring (bicyclic) bond motifs is 1. The van der Waals surface area contributed by atoms with Crippen molar-refractivity contribution in [3.63, 3.8) is 0 Å². The van der Waals surface area contributed by atoms with Gasteiger partial charge in [0.05, 0.1) is 11.4 Å². The van der Waals surface area contributed by atoms with Gasteiger partial charge in [-0.05, 0) is 36.6 Å². The van der Waals surface area contributed by atoms with E-state index >= 15 is 0 Å². The summed E-state index contributed by atoms with van der Waals surface area (Å²) in [7, 11) is -2.04. The van der Waals surface area contributed by atoms with Crippen LogP contribution in [-0.4, -0.2) is 30.7 Å². The second-order valence-electron chi connectivity index (χ2n) is 5.41. The molecule has 0 atom stereocenters. The number of carbonyl (C=O) groups excluding carboxylic acids is 1. The topological polar surface area (TPSA) is 79.4 Å². The fraction of sp³-hybridized carbons (Fsp3) is 0.333. The molecule has 0 aliphatic carbocycles. The van der Waals surface area contributed by atoms with Crippen molar-refractivity contribution in [1.82, 2.24) is 9.29 Å². The van der Waals surface area contributed by atoms with Gasteiger partial charge in [0.2, 0.25) is 15.9 Å². The molecular formula is C15H17N3O3S2. The van der Waals surface area contributed by atoms with Crippen LogP contribution in [0.1, 0.15) is 23.4 Å². The second kappa shape index (κ2) is 6.38. The van der Waals surface area contributed by atoms with Crippen LogP contribution in [0.4, 0.5) is 5.69 Å².